The molecule has 0 aromatic carbocycles. The Labute approximate surface area is 116 Å². The molecule has 0 saturated carbocycles. The molecule has 1 fully saturated rings. The van der Waals surface area contributed by atoms with Crippen LogP contribution >= 0.6 is 0 Å². The maximum Gasteiger partial charge on any atom is 0.0967 e. The lowest BCUT2D eigenvalue weighted by Crippen LogP contribution is -2.64. The third-order valence-corrected chi connectivity index (χ3v) is 3.83. The molecule has 1 unspecified atom stereocenters. The molecule has 1 aromatic heterocycles. The summed E-state index contributed by atoms with van der Waals surface area (Å²) in [6, 6.07) is 0.516. The molecule has 1 N–H and O–H groups in total. The smallest absolute Gasteiger partial charge is 0.0967 e. The molecule has 1 aliphatic rings. The van der Waals surface area contributed by atoms with Gasteiger partial charge in [0.05, 0.1) is 5.69 Å². The van der Waals surface area contributed by atoms with Crippen molar-refractivity contribution in [3.05, 3.63) is 11.9 Å². The van der Waals surface area contributed by atoms with Crippen molar-refractivity contribution in [2.24, 2.45) is 12.5 Å². The van der Waals surface area contributed by atoms with E-state index in [1.807, 2.05) is 13.2 Å². The van der Waals surface area contributed by atoms with Crippen LogP contribution in [0, 0.1) is 5.41 Å². The Morgan fingerprint density at radius 3 is 2.63 bits per heavy atom. The van der Waals surface area contributed by atoms with Gasteiger partial charge >= 0.3 is 0 Å². The summed E-state index contributed by atoms with van der Waals surface area (Å²) in [6.45, 7) is 14.4. The molecule has 2 heterocycles. The van der Waals surface area contributed by atoms with Gasteiger partial charge in [0.1, 0.15) is 0 Å². The average molecular weight is 265 g/mol. The first kappa shape index (κ1) is 14.5. The van der Waals surface area contributed by atoms with Crippen LogP contribution < -0.4 is 5.32 Å². The predicted octanol–water partition coefficient (Wildman–Crippen LogP) is 1.41. The van der Waals surface area contributed by atoms with Crippen molar-refractivity contribution in [3.8, 4) is 0 Å². The molecule has 0 radical (unpaired) electrons. The van der Waals surface area contributed by atoms with Crippen LogP contribution in [0.1, 0.15) is 40.3 Å². The molecule has 1 aromatic rings. The zero-order valence-corrected chi connectivity index (χ0v) is 13.1. The van der Waals surface area contributed by atoms with E-state index >= 15 is 0 Å². The Morgan fingerprint density at radius 1 is 1.42 bits per heavy atom. The Bertz CT molecular complexity index is 429. The number of aryl methyl sites for hydroxylation is 1. The molecule has 5 heteroatoms. The molecule has 0 amide bonds. The van der Waals surface area contributed by atoms with E-state index < -0.39 is 0 Å². The topological polar surface area (TPSA) is 46.0 Å². The number of nitrogens with one attached hydrogen (secondary N) is 1. The fourth-order valence-corrected chi connectivity index (χ4v) is 2.87. The number of hydrogen-bond acceptors (Lipinski definition) is 4. The van der Waals surface area contributed by atoms with Gasteiger partial charge in [0.2, 0.25) is 0 Å². The Balaban J connectivity index is 2.16. The van der Waals surface area contributed by atoms with Gasteiger partial charge in [-0.15, -0.1) is 5.10 Å². The van der Waals surface area contributed by atoms with Crippen LogP contribution in [0.25, 0.3) is 0 Å². The Morgan fingerprint density at radius 2 is 2.11 bits per heavy atom. The van der Waals surface area contributed by atoms with E-state index in [1.54, 1.807) is 4.68 Å². The van der Waals surface area contributed by atoms with Crippen LogP contribution in [0.5, 0.6) is 0 Å². The summed E-state index contributed by atoms with van der Waals surface area (Å²) in [4.78, 5) is 2.54. The Kier molecular flexibility index (Phi) is 3.71. The van der Waals surface area contributed by atoms with E-state index in [4.69, 9.17) is 0 Å². The summed E-state index contributed by atoms with van der Waals surface area (Å²) in [5.74, 6) is 0. The van der Waals surface area contributed by atoms with Gasteiger partial charge in [0, 0.05) is 44.5 Å². The molecule has 2 rings (SSSR count). The van der Waals surface area contributed by atoms with Crippen molar-refractivity contribution in [1.29, 1.82) is 0 Å². The molecule has 1 atom stereocenters. The van der Waals surface area contributed by atoms with Crippen molar-refractivity contribution < 1.29 is 0 Å². The zero-order chi connectivity index (χ0) is 14.3. The van der Waals surface area contributed by atoms with Gasteiger partial charge < -0.3 is 5.32 Å². The van der Waals surface area contributed by atoms with Crippen molar-refractivity contribution >= 4 is 0 Å². The van der Waals surface area contributed by atoms with E-state index in [9.17, 15) is 0 Å². The largest absolute Gasteiger partial charge is 0.309 e. The van der Waals surface area contributed by atoms with Gasteiger partial charge in [0.15, 0.2) is 0 Å². The molecular weight excluding hydrogens is 238 g/mol. The summed E-state index contributed by atoms with van der Waals surface area (Å²) >= 11 is 0. The first-order valence-corrected chi connectivity index (χ1v) is 7.02. The highest BCUT2D eigenvalue weighted by Gasteiger charge is 2.38. The predicted molar refractivity (Wildman–Crippen MR) is 76.7 cm³/mol. The molecule has 108 valence electrons. The van der Waals surface area contributed by atoms with Crippen molar-refractivity contribution in [2.75, 3.05) is 13.1 Å². The first-order chi connectivity index (χ1) is 8.67. The van der Waals surface area contributed by atoms with Gasteiger partial charge in [0.25, 0.3) is 0 Å². The summed E-state index contributed by atoms with van der Waals surface area (Å²) in [6.07, 6.45) is 2.01. The van der Waals surface area contributed by atoms with E-state index in [0.717, 1.165) is 25.3 Å². The first-order valence-electron chi connectivity index (χ1n) is 7.02. The van der Waals surface area contributed by atoms with E-state index in [0.29, 0.717) is 6.04 Å². The number of rotatable bonds is 2. The van der Waals surface area contributed by atoms with Crippen LogP contribution in [-0.4, -0.2) is 44.6 Å². The summed E-state index contributed by atoms with van der Waals surface area (Å²) < 4.78 is 1.77. The number of nitrogens with zero attached hydrogens (tertiary/aromatic N) is 4. The second-order valence-corrected chi connectivity index (χ2v) is 7.44. The van der Waals surface area contributed by atoms with Gasteiger partial charge in [-0.1, -0.05) is 26.0 Å². The van der Waals surface area contributed by atoms with Crippen LogP contribution in [-0.2, 0) is 13.6 Å². The van der Waals surface area contributed by atoms with Crippen molar-refractivity contribution in [1.82, 2.24) is 25.2 Å². The molecule has 1 saturated heterocycles. The number of hydrogen-bond donors (Lipinski definition) is 1. The summed E-state index contributed by atoms with van der Waals surface area (Å²) in [7, 11) is 1.92. The molecule has 5 nitrogen and oxygen atoms in total. The average Bonchev–Trinajstić information content (AvgIpc) is 2.60. The highest BCUT2D eigenvalue weighted by Crippen LogP contribution is 2.29. The van der Waals surface area contributed by atoms with Crippen LogP contribution in [0.2, 0.25) is 0 Å². The van der Waals surface area contributed by atoms with E-state index in [-0.39, 0.29) is 11.0 Å². The van der Waals surface area contributed by atoms with Crippen molar-refractivity contribution in [2.45, 2.75) is 52.7 Å². The minimum Gasteiger partial charge on any atom is -0.309 e. The molecule has 0 spiro atoms. The molecule has 1 aliphatic heterocycles. The van der Waals surface area contributed by atoms with E-state index in [2.05, 4.69) is 55.1 Å². The quantitative estimate of drug-likeness (QED) is 0.878. The highest BCUT2D eigenvalue weighted by atomic mass is 15.4. The normalized spacial score (nSPS) is 24.6. The number of piperazine rings is 1. The monoisotopic (exact) mass is 265 g/mol. The third kappa shape index (κ3) is 3.54. The van der Waals surface area contributed by atoms with Crippen LogP contribution in [0.4, 0.5) is 0 Å². The molecular formula is C14H27N5. The summed E-state index contributed by atoms with van der Waals surface area (Å²) in [5, 5.41) is 11.9. The lowest BCUT2D eigenvalue weighted by atomic mass is 9.82. The standard InChI is InChI=1S/C14H27N5/c1-13(2,3)12-7-15-14(4,5)10-19(12)9-11-8-18(6)17-16-11/h8,12,15H,7,9-10H2,1-6H3. The fourth-order valence-electron chi connectivity index (χ4n) is 2.87. The SMILES string of the molecule is Cn1cc(CN2CC(C)(C)NCC2C(C)(C)C)nn1. The van der Waals surface area contributed by atoms with E-state index in [1.165, 1.54) is 0 Å². The Hall–Kier alpha value is -0.940. The van der Waals surface area contributed by atoms with Gasteiger partial charge in [-0.05, 0) is 19.3 Å². The number of aromatic nitrogens is 3. The lowest BCUT2D eigenvalue weighted by Gasteiger charge is -2.49. The minimum atomic E-state index is 0.157. The summed E-state index contributed by atoms with van der Waals surface area (Å²) in [5.41, 5.74) is 1.46. The van der Waals surface area contributed by atoms with Gasteiger partial charge in [-0.25, -0.2) is 0 Å². The lowest BCUT2D eigenvalue weighted by molar-refractivity contribution is 0.0263. The van der Waals surface area contributed by atoms with Crippen LogP contribution in [0.15, 0.2) is 6.20 Å². The van der Waals surface area contributed by atoms with Crippen LogP contribution in [0.3, 0.4) is 0 Å². The maximum absolute atomic E-state index is 4.23. The maximum atomic E-state index is 4.23. The molecule has 19 heavy (non-hydrogen) atoms. The van der Waals surface area contributed by atoms with Crippen molar-refractivity contribution in [3.63, 3.8) is 0 Å². The van der Waals surface area contributed by atoms with Gasteiger partial charge in [-0.3, -0.25) is 9.58 Å². The minimum absolute atomic E-state index is 0.157. The zero-order valence-electron chi connectivity index (χ0n) is 13.1. The highest BCUT2D eigenvalue weighted by molar-refractivity contribution is 5.00. The third-order valence-electron chi connectivity index (χ3n) is 3.83. The second-order valence-electron chi connectivity index (χ2n) is 7.44. The fraction of sp³-hybridized carbons (Fsp3) is 0.857. The molecule has 0 bridgehead atoms. The molecule has 0 aliphatic carbocycles. The van der Waals surface area contributed by atoms with Gasteiger partial charge in [-0.2, -0.15) is 0 Å². The second kappa shape index (κ2) is 4.87.